The Balaban J connectivity index is 1.32. The third-order valence-electron chi connectivity index (χ3n) is 6.14. The number of rotatable bonds is 4. The van der Waals surface area contributed by atoms with E-state index in [0.29, 0.717) is 11.3 Å². The number of methoxy groups -OCH3 is 1. The lowest BCUT2D eigenvalue weighted by atomic mass is 9.89. The molecule has 0 saturated carbocycles. The number of H-pyrrole nitrogens is 1. The summed E-state index contributed by atoms with van der Waals surface area (Å²) in [6.45, 7) is 2.85. The molecule has 1 fully saturated rings. The standard InChI is InChI=1S/C24H24FN3O/c1-29-18-5-7-23-20(13-18)21(14-27-23)16-8-11-28(12-9-16)15-17-4-6-22(25)19-3-2-10-26-24(17)19/h2-7,10,13-14,16,27H,8-9,11-12,15H2,1H3. The number of benzene rings is 2. The molecule has 0 unspecified atom stereocenters. The third kappa shape index (κ3) is 3.36. The lowest BCUT2D eigenvalue weighted by Gasteiger charge is -2.32. The zero-order valence-electron chi connectivity index (χ0n) is 16.5. The average molecular weight is 389 g/mol. The topological polar surface area (TPSA) is 41.1 Å². The highest BCUT2D eigenvalue weighted by atomic mass is 19.1. The normalized spacial score (nSPS) is 15.9. The van der Waals surface area contributed by atoms with Crippen LogP contribution < -0.4 is 4.74 Å². The van der Waals surface area contributed by atoms with E-state index >= 15 is 0 Å². The van der Waals surface area contributed by atoms with Crippen LogP contribution in [0.15, 0.2) is 54.9 Å². The predicted molar refractivity (Wildman–Crippen MR) is 114 cm³/mol. The first-order valence-corrected chi connectivity index (χ1v) is 10.1. The number of nitrogens with zero attached hydrogens (tertiary/aromatic N) is 2. The van der Waals surface area contributed by atoms with Crippen molar-refractivity contribution in [2.75, 3.05) is 20.2 Å². The van der Waals surface area contributed by atoms with Crippen molar-refractivity contribution in [3.05, 3.63) is 71.8 Å². The van der Waals surface area contributed by atoms with Gasteiger partial charge in [0.05, 0.1) is 12.6 Å². The summed E-state index contributed by atoms with van der Waals surface area (Å²) in [5.74, 6) is 1.23. The number of aromatic nitrogens is 2. The Labute approximate surface area is 169 Å². The second-order valence-corrected chi connectivity index (χ2v) is 7.81. The maximum absolute atomic E-state index is 14.1. The summed E-state index contributed by atoms with van der Waals surface area (Å²) in [6, 6.07) is 13.2. The Hall–Kier alpha value is -2.92. The van der Waals surface area contributed by atoms with E-state index in [1.807, 2.05) is 12.1 Å². The smallest absolute Gasteiger partial charge is 0.132 e. The average Bonchev–Trinajstić information content (AvgIpc) is 3.19. The molecular formula is C24H24FN3O. The van der Waals surface area contributed by atoms with Crippen LogP contribution in [0.25, 0.3) is 21.8 Å². The lowest BCUT2D eigenvalue weighted by molar-refractivity contribution is 0.205. The minimum Gasteiger partial charge on any atom is -0.497 e. The van der Waals surface area contributed by atoms with Crippen LogP contribution in [0, 0.1) is 5.82 Å². The van der Waals surface area contributed by atoms with Gasteiger partial charge in [0, 0.05) is 35.2 Å². The summed E-state index contributed by atoms with van der Waals surface area (Å²) < 4.78 is 19.5. The number of fused-ring (bicyclic) bond motifs is 2. The van der Waals surface area contributed by atoms with Crippen molar-refractivity contribution in [2.24, 2.45) is 0 Å². The fourth-order valence-electron chi connectivity index (χ4n) is 4.55. The van der Waals surface area contributed by atoms with Gasteiger partial charge in [-0.05, 0) is 79.4 Å². The molecule has 0 atom stereocenters. The van der Waals surface area contributed by atoms with E-state index in [1.165, 1.54) is 10.9 Å². The van der Waals surface area contributed by atoms with Gasteiger partial charge in [-0.25, -0.2) is 4.39 Å². The maximum atomic E-state index is 14.1. The van der Waals surface area contributed by atoms with E-state index in [4.69, 9.17) is 4.74 Å². The van der Waals surface area contributed by atoms with Crippen LogP contribution in [-0.4, -0.2) is 35.1 Å². The van der Waals surface area contributed by atoms with Crippen molar-refractivity contribution in [2.45, 2.75) is 25.3 Å². The monoisotopic (exact) mass is 389 g/mol. The molecule has 29 heavy (non-hydrogen) atoms. The molecule has 1 N–H and O–H groups in total. The number of piperidine rings is 1. The summed E-state index contributed by atoms with van der Waals surface area (Å²) in [5.41, 5.74) is 4.41. The fourth-order valence-corrected chi connectivity index (χ4v) is 4.55. The Kier molecular flexibility index (Phi) is 4.68. The number of hydrogen-bond acceptors (Lipinski definition) is 3. The zero-order chi connectivity index (χ0) is 19.8. The molecule has 5 heteroatoms. The number of hydrogen-bond donors (Lipinski definition) is 1. The molecule has 1 aliphatic heterocycles. The molecule has 4 aromatic rings. The molecule has 5 rings (SSSR count). The molecule has 2 aromatic carbocycles. The zero-order valence-corrected chi connectivity index (χ0v) is 16.5. The third-order valence-corrected chi connectivity index (χ3v) is 6.14. The molecule has 0 bridgehead atoms. The minimum atomic E-state index is -0.203. The Morgan fingerprint density at radius 2 is 2.00 bits per heavy atom. The van der Waals surface area contributed by atoms with E-state index in [2.05, 4.69) is 33.2 Å². The van der Waals surface area contributed by atoms with E-state index in [-0.39, 0.29) is 5.82 Å². The van der Waals surface area contributed by atoms with Crippen molar-refractivity contribution in [1.29, 1.82) is 0 Å². The summed E-state index contributed by atoms with van der Waals surface area (Å²) >= 11 is 0. The Bertz CT molecular complexity index is 1160. The molecule has 0 radical (unpaired) electrons. The van der Waals surface area contributed by atoms with Gasteiger partial charge >= 0.3 is 0 Å². The molecule has 0 spiro atoms. The van der Waals surface area contributed by atoms with Crippen LogP contribution in [0.4, 0.5) is 4.39 Å². The van der Waals surface area contributed by atoms with Crippen molar-refractivity contribution in [1.82, 2.24) is 14.9 Å². The van der Waals surface area contributed by atoms with Crippen LogP contribution in [0.3, 0.4) is 0 Å². The molecule has 0 aliphatic carbocycles. The van der Waals surface area contributed by atoms with Gasteiger partial charge in [-0.2, -0.15) is 0 Å². The van der Waals surface area contributed by atoms with Crippen molar-refractivity contribution < 1.29 is 9.13 Å². The van der Waals surface area contributed by atoms with Gasteiger partial charge in [0.25, 0.3) is 0 Å². The predicted octanol–water partition coefficient (Wildman–Crippen LogP) is 5.24. The molecule has 4 nitrogen and oxygen atoms in total. The van der Waals surface area contributed by atoms with Gasteiger partial charge in [0.2, 0.25) is 0 Å². The van der Waals surface area contributed by atoms with Crippen LogP contribution >= 0.6 is 0 Å². The van der Waals surface area contributed by atoms with Gasteiger partial charge in [-0.3, -0.25) is 9.88 Å². The quantitative estimate of drug-likeness (QED) is 0.519. The molecule has 2 aromatic heterocycles. The second-order valence-electron chi connectivity index (χ2n) is 7.81. The minimum absolute atomic E-state index is 0.203. The second kappa shape index (κ2) is 7.48. The van der Waals surface area contributed by atoms with E-state index in [0.717, 1.165) is 54.8 Å². The number of nitrogens with one attached hydrogen (secondary N) is 1. The highest BCUT2D eigenvalue weighted by molar-refractivity contribution is 5.85. The molecule has 1 saturated heterocycles. The number of likely N-dealkylation sites (tertiary alicyclic amines) is 1. The highest BCUT2D eigenvalue weighted by Crippen LogP contribution is 2.35. The molecule has 3 heterocycles. The summed E-state index contributed by atoms with van der Waals surface area (Å²) in [4.78, 5) is 10.3. The SMILES string of the molecule is COc1ccc2[nH]cc(C3CCN(Cc4ccc(F)c5cccnc45)CC3)c2c1. The molecule has 0 amide bonds. The van der Waals surface area contributed by atoms with Crippen LogP contribution in [0.2, 0.25) is 0 Å². The van der Waals surface area contributed by atoms with Crippen molar-refractivity contribution in [3.63, 3.8) is 0 Å². The summed E-state index contributed by atoms with van der Waals surface area (Å²) in [5, 5.41) is 1.86. The van der Waals surface area contributed by atoms with E-state index < -0.39 is 0 Å². The van der Waals surface area contributed by atoms with Crippen LogP contribution in [0.5, 0.6) is 5.75 Å². The lowest BCUT2D eigenvalue weighted by Crippen LogP contribution is -2.32. The first-order chi connectivity index (χ1) is 14.2. The summed E-state index contributed by atoms with van der Waals surface area (Å²) in [6.07, 6.45) is 6.11. The Morgan fingerprint density at radius 3 is 2.83 bits per heavy atom. The number of halogens is 1. The fraction of sp³-hybridized carbons (Fsp3) is 0.292. The van der Waals surface area contributed by atoms with Crippen LogP contribution in [-0.2, 0) is 6.54 Å². The van der Waals surface area contributed by atoms with Crippen molar-refractivity contribution in [3.8, 4) is 5.75 Å². The van der Waals surface area contributed by atoms with Gasteiger partial charge in [0.15, 0.2) is 0 Å². The molecule has 148 valence electrons. The number of pyridine rings is 1. The van der Waals surface area contributed by atoms with E-state index in [1.54, 1.807) is 31.5 Å². The number of ether oxygens (including phenoxy) is 1. The largest absolute Gasteiger partial charge is 0.497 e. The number of aromatic amines is 1. The van der Waals surface area contributed by atoms with E-state index in [9.17, 15) is 4.39 Å². The Morgan fingerprint density at radius 1 is 1.14 bits per heavy atom. The van der Waals surface area contributed by atoms with Crippen LogP contribution in [0.1, 0.15) is 29.9 Å². The summed E-state index contributed by atoms with van der Waals surface area (Å²) in [7, 11) is 1.71. The van der Waals surface area contributed by atoms with Gasteiger partial charge in [-0.15, -0.1) is 0 Å². The van der Waals surface area contributed by atoms with Gasteiger partial charge in [-0.1, -0.05) is 6.07 Å². The molecular weight excluding hydrogens is 365 g/mol. The van der Waals surface area contributed by atoms with Gasteiger partial charge < -0.3 is 9.72 Å². The first-order valence-electron chi connectivity index (χ1n) is 10.1. The maximum Gasteiger partial charge on any atom is 0.132 e. The first kappa shape index (κ1) is 18.1. The van der Waals surface area contributed by atoms with Gasteiger partial charge in [0.1, 0.15) is 11.6 Å². The highest BCUT2D eigenvalue weighted by Gasteiger charge is 2.23. The van der Waals surface area contributed by atoms with Crippen molar-refractivity contribution >= 4 is 21.8 Å². The molecule has 1 aliphatic rings.